The maximum atomic E-state index is 13.5. The molecule has 0 aliphatic carbocycles. The maximum absolute atomic E-state index is 13.5. The predicted molar refractivity (Wildman–Crippen MR) is 62.8 cm³/mol. The largest absolute Gasteiger partial charge is 0.316 e. The summed E-state index contributed by atoms with van der Waals surface area (Å²) in [7, 11) is -3.79. The fourth-order valence-corrected chi connectivity index (χ4v) is 4.22. The first-order chi connectivity index (χ1) is 8.59. The van der Waals surface area contributed by atoms with Gasteiger partial charge < -0.3 is 5.32 Å². The SMILES string of the molecule is O=S(=O)(c1ncccc1F)N1C[C@H]2CNC[C@H]2C1. The molecule has 7 heteroatoms. The molecule has 1 aromatic rings. The molecular formula is C11H14FN3O2S. The molecule has 0 radical (unpaired) electrons. The van der Waals surface area contributed by atoms with Crippen molar-refractivity contribution in [3.63, 3.8) is 0 Å². The summed E-state index contributed by atoms with van der Waals surface area (Å²) in [5.74, 6) is -0.106. The Balaban J connectivity index is 1.90. The van der Waals surface area contributed by atoms with E-state index < -0.39 is 20.9 Å². The third-order valence-corrected chi connectivity index (χ3v) is 5.43. The molecule has 3 rings (SSSR count). The van der Waals surface area contributed by atoms with Crippen molar-refractivity contribution in [3.05, 3.63) is 24.1 Å². The highest BCUT2D eigenvalue weighted by atomic mass is 32.2. The highest BCUT2D eigenvalue weighted by molar-refractivity contribution is 7.89. The number of halogens is 1. The molecule has 1 aromatic heterocycles. The van der Waals surface area contributed by atoms with Gasteiger partial charge in [0.25, 0.3) is 10.0 Å². The van der Waals surface area contributed by atoms with Gasteiger partial charge in [-0.3, -0.25) is 0 Å². The van der Waals surface area contributed by atoms with E-state index in [1.807, 2.05) is 0 Å². The second-order valence-electron chi connectivity index (χ2n) is 4.79. The molecule has 0 spiro atoms. The molecule has 2 aliphatic heterocycles. The maximum Gasteiger partial charge on any atom is 0.263 e. The summed E-state index contributed by atoms with van der Waals surface area (Å²) in [6, 6.07) is 2.51. The highest BCUT2D eigenvalue weighted by Crippen LogP contribution is 2.30. The van der Waals surface area contributed by atoms with E-state index in [1.54, 1.807) is 0 Å². The van der Waals surface area contributed by atoms with Crippen LogP contribution >= 0.6 is 0 Å². The van der Waals surface area contributed by atoms with Gasteiger partial charge in [0, 0.05) is 19.3 Å². The summed E-state index contributed by atoms with van der Waals surface area (Å²) in [4.78, 5) is 3.67. The summed E-state index contributed by atoms with van der Waals surface area (Å²) < 4.78 is 39.5. The van der Waals surface area contributed by atoms with Gasteiger partial charge in [-0.15, -0.1) is 0 Å². The average molecular weight is 271 g/mol. The molecule has 2 fully saturated rings. The predicted octanol–water partition coefficient (Wildman–Crippen LogP) is 0.0606. The number of aromatic nitrogens is 1. The average Bonchev–Trinajstić information content (AvgIpc) is 2.89. The highest BCUT2D eigenvalue weighted by Gasteiger charge is 2.42. The van der Waals surface area contributed by atoms with Crippen molar-refractivity contribution in [2.75, 3.05) is 26.2 Å². The van der Waals surface area contributed by atoms with E-state index in [2.05, 4.69) is 10.3 Å². The van der Waals surface area contributed by atoms with Gasteiger partial charge in [-0.2, -0.15) is 4.31 Å². The summed E-state index contributed by atoms with van der Waals surface area (Å²) in [5, 5.41) is 2.78. The minimum atomic E-state index is -3.79. The molecule has 0 unspecified atom stereocenters. The second kappa shape index (κ2) is 4.25. The van der Waals surface area contributed by atoms with Crippen LogP contribution < -0.4 is 5.32 Å². The normalized spacial score (nSPS) is 28.5. The van der Waals surface area contributed by atoms with Gasteiger partial charge >= 0.3 is 0 Å². The zero-order valence-electron chi connectivity index (χ0n) is 9.71. The third kappa shape index (κ3) is 1.82. The molecule has 0 amide bonds. The Labute approximate surface area is 105 Å². The lowest BCUT2D eigenvalue weighted by Crippen LogP contribution is -2.33. The van der Waals surface area contributed by atoms with Gasteiger partial charge in [0.1, 0.15) is 0 Å². The van der Waals surface area contributed by atoms with E-state index in [-0.39, 0.29) is 0 Å². The molecule has 0 saturated carbocycles. The van der Waals surface area contributed by atoms with Crippen LogP contribution in [0.3, 0.4) is 0 Å². The van der Waals surface area contributed by atoms with Gasteiger partial charge in [-0.25, -0.2) is 17.8 Å². The molecule has 3 heterocycles. The van der Waals surface area contributed by atoms with Gasteiger partial charge in [0.05, 0.1) is 0 Å². The van der Waals surface area contributed by atoms with Crippen LogP contribution in [-0.4, -0.2) is 43.9 Å². The van der Waals surface area contributed by atoms with Crippen molar-refractivity contribution < 1.29 is 12.8 Å². The van der Waals surface area contributed by atoms with Gasteiger partial charge in [-0.05, 0) is 37.1 Å². The van der Waals surface area contributed by atoms with Gasteiger partial charge in [-0.1, -0.05) is 0 Å². The Morgan fingerprint density at radius 1 is 1.33 bits per heavy atom. The number of fused-ring (bicyclic) bond motifs is 1. The van der Waals surface area contributed by atoms with Crippen LogP contribution in [0.1, 0.15) is 0 Å². The Morgan fingerprint density at radius 2 is 2.00 bits per heavy atom. The van der Waals surface area contributed by atoms with Crippen molar-refractivity contribution in [2.24, 2.45) is 11.8 Å². The zero-order valence-corrected chi connectivity index (χ0v) is 10.5. The molecule has 0 aromatic carbocycles. The number of rotatable bonds is 2. The molecule has 2 atom stereocenters. The first kappa shape index (κ1) is 12.0. The lowest BCUT2D eigenvalue weighted by atomic mass is 10.0. The Hall–Kier alpha value is -1.05. The van der Waals surface area contributed by atoms with Crippen LogP contribution in [0.15, 0.2) is 23.4 Å². The monoisotopic (exact) mass is 271 g/mol. The summed E-state index contributed by atoms with van der Waals surface area (Å²) in [6.07, 6.45) is 1.30. The molecule has 0 bridgehead atoms. The van der Waals surface area contributed by atoms with Crippen LogP contribution in [0.5, 0.6) is 0 Å². The number of sulfonamides is 1. The zero-order chi connectivity index (χ0) is 12.8. The van der Waals surface area contributed by atoms with E-state index in [4.69, 9.17) is 0 Å². The fourth-order valence-electron chi connectivity index (χ4n) is 2.69. The number of hydrogen-bond acceptors (Lipinski definition) is 4. The van der Waals surface area contributed by atoms with E-state index >= 15 is 0 Å². The third-order valence-electron chi connectivity index (χ3n) is 3.66. The first-order valence-corrected chi connectivity index (χ1v) is 7.34. The molecule has 18 heavy (non-hydrogen) atoms. The van der Waals surface area contributed by atoms with Gasteiger partial charge in [0.2, 0.25) is 5.03 Å². The smallest absolute Gasteiger partial charge is 0.263 e. The lowest BCUT2D eigenvalue weighted by Gasteiger charge is -2.16. The van der Waals surface area contributed by atoms with Crippen molar-refractivity contribution in [1.29, 1.82) is 0 Å². The van der Waals surface area contributed by atoms with Crippen LogP contribution in [-0.2, 0) is 10.0 Å². The summed E-state index contributed by atoms with van der Waals surface area (Å²) in [5.41, 5.74) is 0. The number of hydrogen-bond donors (Lipinski definition) is 1. The Morgan fingerprint density at radius 3 is 2.61 bits per heavy atom. The molecule has 2 aliphatic rings. The fraction of sp³-hybridized carbons (Fsp3) is 0.545. The molecular weight excluding hydrogens is 257 g/mol. The van der Waals surface area contributed by atoms with E-state index in [9.17, 15) is 12.8 Å². The number of nitrogens with zero attached hydrogens (tertiary/aromatic N) is 2. The molecule has 98 valence electrons. The van der Waals surface area contributed by atoms with Crippen LogP contribution in [0, 0.1) is 17.7 Å². The minimum absolute atomic E-state index is 0.339. The van der Waals surface area contributed by atoms with Crippen LogP contribution in [0.25, 0.3) is 0 Å². The topological polar surface area (TPSA) is 62.3 Å². The molecule has 1 N–H and O–H groups in total. The van der Waals surface area contributed by atoms with Gasteiger partial charge in [0.15, 0.2) is 5.82 Å². The lowest BCUT2D eigenvalue weighted by molar-refractivity contribution is 0.438. The van der Waals surface area contributed by atoms with E-state index in [0.29, 0.717) is 24.9 Å². The van der Waals surface area contributed by atoms with E-state index in [0.717, 1.165) is 19.2 Å². The number of nitrogens with one attached hydrogen (secondary N) is 1. The van der Waals surface area contributed by atoms with Crippen molar-refractivity contribution in [1.82, 2.24) is 14.6 Å². The van der Waals surface area contributed by atoms with Crippen molar-refractivity contribution in [3.8, 4) is 0 Å². The standard InChI is InChI=1S/C11H14FN3O2S/c12-10-2-1-3-14-11(10)18(16,17)15-6-8-4-13-5-9(8)7-15/h1-3,8-9,13H,4-7H2/t8-,9+. The van der Waals surface area contributed by atoms with Crippen LogP contribution in [0.4, 0.5) is 4.39 Å². The Kier molecular flexibility index (Phi) is 2.84. The molecule has 5 nitrogen and oxygen atoms in total. The van der Waals surface area contributed by atoms with Crippen molar-refractivity contribution in [2.45, 2.75) is 5.03 Å². The second-order valence-corrected chi connectivity index (χ2v) is 6.64. The first-order valence-electron chi connectivity index (χ1n) is 5.90. The quantitative estimate of drug-likeness (QED) is 0.826. The van der Waals surface area contributed by atoms with Crippen LogP contribution in [0.2, 0.25) is 0 Å². The summed E-state index contributed by atoms with van der Waals surface area (Å²) >= 11 is 0. The molecule has 2 saturated heterocycles. The Bertz CT molecular complexity index is 551. The van der Waals surface area contributed by atoms with Crippen molar-refractivity contribution >= 4 is 10.0 Å². The number of pyridine rings is 1. The van der Waals surface area contributed by atoms with E-state index in [1.165, 1.54) is 16.6 Å². The summed E-state index contributed by atoms with van der Waals surface area (Å²) in [6.45, 7) is 2.58. The minimum Gasteiger partial charge on any atom is -0.316 e.